The second kappa shape index (κ2) is 12.0. The molecule has 0 N–H and O–H groups in total. The molecule has 0 fully saturated rings. The van der Waals surface area contributed by atoms with Crippen molar-refractivity contribution in [3.63, 3.8) is 0 Å². The van der Waals surface area contributed by atoms with E-state index >= 15 is 0 Å². The van der Waals surface area contributed by atoms with E-state index in [-0.39, 0.29) is 24.7 Å². The quantitative estimate of drug-likeness (QED) is 0.165. The van der Waals surface area contributed by atoms with Crippen LogP contribution < -0.4 is 4.18 Å². The minimum absolute atomic E-state index is 0.0702. The lowest BCUT2D eigenvalue weighted by Gasteiger charge is -2.22. The van der Waals surface area contributed by atoms with Crippen molar-refractivity contribution in [2.75, 3.05) is 0 Å². The molecule has 0 spiro atoms. The summed E-state index contributed by atoms with van der Waals surface area (Å²) in [6.07, 6.45) is -3.21. The van der Waals surface area contributed by atoms with E-state index in [4.69, 9.17) is 8.60 Å². The fraction of sp³-hybridized carbons (Fsp3) is 0.0938. The number of benzene rings is 4. The Balaban J connectivity index is 1.37. The summed E-state index contributed by atoms with van der Waals surface area (Å²) < 4.78 is 75.5. The van der Waals surface area contributed by atoms with Crippen LogP contribution in [-0.4, -0.2) is 19.2 Å². The second-order valence-corrected chi connectivity index (χ2v) is 10.9. The fourth-order valence-corrected chi connectivity index (χ4v) is 5.30. The van der Waals surface area contributed by atoms with Crippen LogP contribution in [0.1, 0.15) is 27.2 Å². The monoisotopic (exact) mass is 591 g/mol. The van der Waals surface area contributed by atoms with Crippen LogP contribution in [0.15, 0.2) is 131 Å². The van der Waals surface area contributed by atoms with Crippen molar-refractivity contribution >= 4 is 16.0 Å². The van der Waals surface area contributed by atoms with Crippen LogP contribution in [-0.2, 0) is 29.4 Å². The molecule has 4 aromatic carbocycles. The van der Waals surface area contributed by atoms with Crippen molar-refractivity contribution in [1.29, 1.82) is 0 Å². The van der Waals surface area contributed by atoms with Gasteiger partial charge >= 0.3 is 16.3 Å². The first-order valence-electron chi connectivity index (χ1n) is 12.8. The molecular formula is C32H24F3NO5S. The highest BCUT2D eigenvalue weighted by atomic mass is 32.2. The zero-order chi connectivity index (χ0) is 29.7. The highest BCUT2D eigenvalue weighted by molar-refractivity contribution is 7.87. The van der Waals surface area contributed by atoms with Gasteiger partial charge in [-0.25, -0.2) is 0 Å². The average molecular weight is 592 g/mol. The average Bonchev–Trinajstić information content (AvgIpc) is 3.50. The standard InChI is InChI=1S/C32H24F3NO5S/c33-32(34,35)27-10-5-13-30(20-27)42(38,39)41-28-11-4-7-23(19-28)21-36(22-29-12-6-18-40-29)31(37)26-16-14-25(15-17-26)24-8-2-1-3-9-24/h1-20H,21-22H2. The molecule has 1 aromatic heterocycles. The van der Waals surface area contributed by atoms with Crippen molar-refractivity contribution in [2.45, 2.75) is 24.2 Å². The summed E-state index contributed by atoms with van der Waals surface area (Å²) in [4.78, 5) is 14.5. The highest BCUT2D eigenvalue weighted by Gasteiger charge is 2.32. The summed E-state index contributed by atoms with van der Waals surface area (Å²) in [5.41, 5.74) is 1.84. The van der Waals surface area contributed by atoms with Crippen LogP contribution in [0.3, 0.4) is 0 Å². The largest absolute Gasteiger partial charge is 0.467 e. The normalized spacial score (nSPS) is 11.7. The Labute approximate surface area is 240 Å². The summed E-state index contributed by atoms with van der Waals surface area (Å²) in [5.74, 6) is 0.153. The Bertz CT molecular complexity index is 1770. The maximum Gasteiger partial charge on any atom is 0.416 e. The molecule has 0 saturated heterocycles. The van der Waals surface area contributed by atoms with Gasteiger partial charge in [0.15, 0.2) is 0 Å². The first kappa shape index (κ1) is 28.7. The maximum atomic E-state index is 13.6. The van der Waals surface area contributed by atoms with Crippen LogP contribution in [0.25, 0.3) is 11.1 Å². The van der Waals surface area contributed by atoms with Gasteiger partial charge < -0.3 is 13.5 Å². The number of amides is 1. The first-order valence-corrected chi connectivity index (χ1v) is 14.2. The predicted molar refractivity (Wildman–Crippen MR) is 150 cm³/mol. The van der Waals surface area contributed by atoms with Gasteiger partial charge in [-0.15, -0.1) is 0 Å². The number of hydrogen-bond donors (Lipinski definition) is 0. The molecule has 5 rings (SSSR count). The van der Waals surface area contributed by atoms with E-state index < -0.39 is 26.8 Å². The second-order valence-electron chi connectivity index (χ2n) is 9.39. The smallest absolute Gasteiger partial charge is 0.416 e. The van der Waals surface area contributed by atoms with Gasteiger partial charge in [0.05, 0.1) is 18.4 Å². The SMILES string of the molecule is O=C(c1ccc(-c2ccccc2)cc1)N(Cc1cccc(OS(=O)(=O)c2cccc(C(F)(F)F)c2)c1)Cc1ccco1. The molecule has 0 aliphatic carbocycles. The van der Waals surface area contributed by atoms with E-state index in [2.05, 4.69) is 0 Å². The van der Waals surface area contributed by atoms with Crippen molar-refractivity contribution in [3.8, 4) is 16.9 Å². The van der Waals surface area contributed by atoms with Crippen LogP contribution >= 0.6 is 0 Å². The lowest BCUT2D eigenvalue weighted by molar-refractivity contribution is -0.137. The predicted octanol–water partition coefficient (Wildman–Crippen LogP) is 7.58. The Morgan fingerprint density at radius 1 is 0.762 bits per heavy atom. The Morgan fingerprint density at radius 3 is 2.17 bits per heavy atom. The number of carbonyl (C=O) groups excluding carboxylic acids is 1. The molecule has 0 bridgehead atoms. The number of carbonyl (C=O) groups is 1. The fourth-order valence-electron chi connectivity index (χ4n) is 4.33. The zero-order valence-electron chi connectivity index (χ0n) is 22.0. The molecule has 0 aliphatic rings. The number of nitrogens with zero attached hydrogens (tertiary/aromatic N) is 1. The molecule has 214 valence electrons. The molecule has 0 radical (unpaired) electrons. The minimum atomic E-state index is -4.71. The van der Waals surface area contributed by atoms with E-state index in [1.54, 1.807) is 30.3 Å². The topological polar surface area (TPSA) is 76.8 Å². The molecule has 42 heavy (non-hydrogen) atoms. The van der Waals surface area contributed by atoms with E-state index in [0.29, 0.717) is 23.0 Å². The van der Waals surface area contributed by atoms with Gasteiger partial charge in [0.2, 0.25) is 0 Å². The number of alkyl halides is 3. The highest BCUT2D eigenvalue weighted by Crippen LogP contribution is 2.31. The summed E-state index contributed by atoms with van der Waals surface area (Å²) in [5, 5.41) is 0. The number of halogens is 3. The molecular weight excluding hydrogens is 567 g/mol. The molecule has 0 unspecified atom stereocenters. The summed E-state index contributed by atoms with van der Waals surface area (Å²) >= 11 is 0. The van der Waals surface area contributed by atoms with Crippen molar-refractivity contribution < 1.29 is 35.0 Å². The molecule has 1 amide bonds. The van der Waals surface area contributed by atoms with Gasteiger partial charge in [-0.05, 0) is 71.3 Å². The van der Waals surface area contributed by atoms with E-state index in [1.807, 2.05) is 42.5 Å². The number of rotatable bonds is 9. The molecule has 1 heterocycles. The van der Waals surface area contributed by atoms with Gasteiger partial charge in [-0.3, -0.25) is 4.79 Å². The Hall–Kier alpha value is -4.83. The maximum absolute atomic E-state index is 13.6. The van der Waals surface area contributed by atoms with Gasteiger partial charge in [-0.2, -0.15) is 21.6 Å². The third-order valence-corrected chi connectivity index (χ3v) is 7.62. The summed E-state index contributed by atoms with van der Waals surface area (Å²) in [6, 6.07) is 29.7. The molecule has 0 aliphatic heterocycles. The molecule has 0 saturated carbocycles. The van der Waals surface area contributed by atoms with Crippen molar-refractivity contribution in [2.24, 2.45) is 0 Å². The van der Waals surface area contributed by atoms with Gasteiger partial charge in [0.25, 0.3) is 5.91 Å². The minimum Gasteiger partial charge on any atom is -0.467 e. The van der Waals surface area contributed by atoms with Crippen LogP contribution in [0.5, 0.6) is 5.75 Å². The lowest BCUT2D eigenvalue weighted by atomic mass is 10.0. The van der Waals surface area contributed by atoms with E-state index in [0.717, 1.165) is 29.3 Å². The Morgan fingerprint density at radius 2 is 1.48 bits per heavy atom. The van der Waals surface area contributed by atoms with E-state index in [1.165, 1.54) is 29.4 Å². The number of hydrogen-bond acceptors (Lipinski definition) is 5. The zero-order valence-corrected chi connectivity index (χ0v) is 22.8. The van der Waals surface area contributed by atoms with Crippen LogP contribution in [0, 0.1) is 0 Å². The van der Waals surface area contributed by atoms with Gasteiger partial charge in [0, 0.05) is 12.1 Å². The summed E-state index contributed by atoms with van der Waals surface area (Å²) in [7, 11) is -4.56. The van der Waals surface area contributed by atoms with E-state index in [9.17, 15) is 26.4 Å². The molecule has 5 aromatic rings. The first-order chi connectivity index (χ1) is 20.1. The number of furan rings is 1. The Kier molecular flexibility index (Phi) is 8.17. The third-order valence-electron chi connectivity index (χ3n) is 6.38. The molecule has 0 atom stereocenters. The van der Waals surface area contributed by atoms with Crippen molar-refractivity contribution in [1.82, 2.24) is 4.90 Å². The molecule has 10 heteroatoms. The van der Waals surface area contributed by atoms with Crippen LogP contribution in [0.2, 0.25) is 0 Å². The third kappa shape index (κ3) is 6.90. The lowest BCUT2D eigenvalue weighted by Crippen LogP contribution is -2.30. The van der Waals surface area contributed by atoms with Gasteiger partial charge in [-0.1, -0.05) is 60.7 Å². The van der Waals surface area contributed by atoms with Crippen LogP contribution in [0.4, 0.5) is 13.2 Å². The van der Waals surface area contributed by atoms with Gasteiger partial charge in [0.1, 0.15) is 16.4 Å². The molecule has 6 nitrogen and oxygen atoms in total. The van der Waals surface area contributed by atoms with Crippen molar-refractivity contribution in [3.05, 3.63) is 144 Å². The summed E-state index contributed by atoms with van der Waals surface area (Å²) in [6.45, 7) is 0.209.